The SMILES string of the molecule is CCOC[C@@H]1C[C@@H](O)CN1C(=O)CCCCCNC(=O)CCSSc1ccccn1. The van der Waals surface area contributed by atoms with Crippen molar-refractivity contribution in [1.82, 2.24) is 15.2 Å². The Bertz CT molecular complexity index is 636. The predicted octanol–water partition coefficient (Wildman–Crippen LogP) is 2.89. The molecular weight excluding hydrogens is 422 g/mol. The number of aromatic nitrogens is 1. The van der Waals surface area contributed by atoms with E-state index in [0.717, 1.165) is 30.0 Å². The largest absolute Gasteiger partial charge is 0.391 e. The lowest BCUT2D eigenvalue weighted by molar-refractivity contribution is -0.133. The molecule has 1 saturated heterocycles. The molecule has 1 aromatic rings. The molecule has 0 spiro atoms. The standard InChI is InChI=1S/C21H33N3O4S2/c1-2-28-16-17-14-18(25)15-24(17)21(27)9-4-3-6-11-22-19(26)10-13-29-30-20-8-5-7-12-23-20/h5,7-8,12,17-18,25H,2-4,6,9-11,13-16H2,1H3,(H,22,26)/t17-,18+/m0/s1. The molecule has 0 saturated carbocycles. The van der Waals surface area contributed by atoms with Gasteiger partial charge in [0.25, 0.3) is 0 Å². The number of aliphatic hydroxyl groups is 1. The number of unbranched alkanes of at least 4 members (excludes halogenated alkanes) is 2. The highest BCUT2D eigenvalue weighted by Crippen LogP contribution is 2.29. The molecule has 2 atom stereocenters. The summed E-state index contributed by atoms with van der Waals surface area (Å²) < 4.78 is 5.43. The van der Waals surface area contributed by atoms with E-state index in [9.17, 15) is 14.7 Å². The van der Waals surface area contributed by atoms with Crippen LogP contribution in [0.25, 0.3) is 0 Å². The summed E-state index contributed by atoms with van der Waals surface area (Å²) in [5, 5.41) is 13.7. The van der Waals surface area contributed by atoms with Crippen molar-refractivity contribution >= 4 is 33.4 Å². The van der Waals surface area contributed by atoms with Gasteiger partial charge < -0.3 is 20.1 Å². The van der Waals surface area contributed by atoms with Gasteiger partial charge in [0.1, 0.15) is 5.03 Å². The second kappa shape index (κ2) is 14.7. The van der Waals surface area contributed by atoms with E-state index >= 15 is 0 Å². The zero-order chi connectivity index (χ0) is 21.6. The van der Waals surface area contributed by atoms with E-state index in [2.05, 4.69) is 10.3 Å². The van der Waals surface area contributed by atoms with Crippen molar-refractivity contribution in [2.24, 2.45) is 0 Å². The normalized spacial score (nSPS) is 18.5. The molecule has 1 aliphatic heterocycles. The number of β-amino-alcohol motifs (C(OH)–C–C–N with tert-alkyl or cyclic N) is 1. The summed E-state index contributed by atoms with van der Waals surface area (Å²) in [7, 11) is 3.21. The number of rotatable bonds is 14. The molecule has 2 rings (SSSR count). The topological polar surface area (TPSA) is 91.8 Å². The maximum Gasteiger partial charge on any atom is 0.222 e. The summed E-state index contributed by atoms with van der Waals surface area (Å²) in [6.07, 6.45) is 5.41. The third-order valence-electron chi connectivity index (χ3n) is 4.81. The second-order valence-electron chi connectivity index (χ2n) is 7.23. The van der Waals surface area contributed by atoms with Gasteiger partial charge in [-0.15, -0.1) is 0 Å². The van der Waals surface area contributed by atoms with Crippen LogP contribution in [0.15, 0.2) is 29.4 Å². The van der Waals surface area contributed by atoms with Crippen molar-refractivity contribution in [3.8, 4) is 0 Å². The molecule has 2 heterocycles. The fourth-order valence-electron chi connectivity index (χ4n) is 3.28. The molecule has 0 aromatic carbocycles. The van der Waals surface area contributed by atoms with Crippen LogP contribution >= 0.6 is 21.6 Å². The average molecular weight is 456 g/mol. The van der Waals surface area contributed by atoms with Crippen LogP contribution in [0.2, 0.25) is 0 Å². The van der Waals surface area contributed by atoms with Gasteiger partial charge in [-0.2, -0.15) is 0 Å². The van der Waals surface area contributed by atoms with Crippen molar-refractivity contribution in [2.75, 3.05) is 32.1 Å². The summed E-state index contributed by atoms with van der Waals surface area (Å²) in [4.78, 5) is 30.3. The number of carbonyl (C=O) groups is 2. The summed E-state index contributed by atoms with van der Waals surface area (Å²) in [5.41, 5.74) is 0. The molecule has 0 unspecified atom stereocenters. The number of amides is 2. The summed E-state index contributed by atoms with van der Waals surface area (Å²) in [6.45, 7) is 4.08. The number of pyridine rings is 1. The number of hydrogen-bond donors (Lipinski definition) is 2. The van der Waals surface area contributed by atoms with Gasteiger partial charge in [0.15, 0.2) is 0 Å². The maximum absolute atomic E-state index is 12.4. The Morgan fingerprint density at radius 1 is 1.30 bits per heavy atom. The van der Waals surface area contributed by atoms with E-state index in [0.29, 0.717) is 45.6 Å². The lowest BCUT2D eigenvalue weighted by atomic mass is 10.1. The Morgan fingerprint density at radius 2 is 2.17 bits per heavy atom. The maximum atomic E-state index is 12.4. The van der Waals surface area contributed by atoms with E-state index in [1.54, 1.807) is 32.7 Å². The molecule has 7 nitrogen and oxygen atoms in total. The average Bonchev–Trinajstić information content (AvgIpc) is 3.13. The number of aliphatic hydroxyl groups excluding tert-OH is 1. The number of nitrogens with one attached hydrogen (secondary N) is 1. The Balaban J connectivity index is 1.48. The smallest absolute Gasteiger partial charge is 0.222 e. The Kier molecular flexibility index (Phi) is 12.2. The molecule has 2 N–H and O–H groups in total. The van der Waals surface area contributed by atoms with Gasteiger partial charge in [-0.1, -0.05) is 23.3 Å². The van der Waals surface area contributed by atoms with E-state index < -0.39 is 6.10 Å². The monoisotopic (exact) mass is 455 g/mol. The third-order valence-corrected chi connectivity index (χ3v) is 7.08. The number of nitrogens with zero attached hydrogens (tertiary/aromatic N) is 2. The molecule has 0 aliphatic carbocycles. The van der Waals surface area contributed by atoms with Crippen LogP contribution < -0.4 is 5.32 Å². The third kappa shape index (κ3) is 9.68. The van der Waals surface area contributed by atoms with Crippen LogP contribution in [0.3, 0.4) is 0 Å². The fourth-order valence-corrected chi connectivity index (χ4v) is 5.15. The first-order valence-electron chi connectivity index (χ1n) is 10.6. The van der Waals surface area contributed by atoms with Crippen molar-refractivity contribution in [3.63, 3.8) is 0 Å². The first-order valence-corrected chi connectivity index (χ1v) is 12.9. The van der Waals surface area contributed by atoms with Crippen LogP contribution in [-0.4, -0.2) is 71.0 Å². The van der Waals surface area contributed by atoms with E-state index in [1.807, 2.05) is 25.1 Å². The number of likely N-dealkylation sites (tertiary alicyclic amines) is 1. The van der Waals surface area contributed by atoms with Crippen LogP contribution in [0.5, 0.6) is 0 Å². The summed E-state index contributed by atoms with van der Waals surface area (Å²) >= 11 is 0. The van der Waals surface area contributed by atoms with Gasteiger partial charge in [-0.05, 0) is 49.1 Å². The number of carbonyl (C=O) groups excluding carboxylic acids is 2. The summed E-state index contributed by atoms with van der Waals surface area (Å²) in [6, 6.07) is 5.77. The van der Waals surface area contributed by atoms with E-state index in [1.165, 1.54) is 0 Å². The van der Waals surface area contributed by atoms with Crippen molar-refractivity contribution in [3.05, 3.63) is 24.4 Å². The van der Waals surface area contributed by atoms with Gasteiger partial charge >= 0.3 is 0 Å². The van der Waals surface area contributed by atoms with Crippen LogP contribution in [0.1, 0.15) is 45.4 Å². The first kappa shape index (κ1) is 25.0. The molecule has 1 aliphatic rings. The number of hydrogen-bond acceptors (Lipinski definition) is 7. The number of ether oxygens (including phenoxy) is 1. The highest BCUT2D eigenvalue weighted by molar-refractivity contribution is 8.76. The fraction of sp³-hybridized carbons (Fsp3) is 0.667. The Hall–Kier alpha value is -1.29. The van der Waals surface area contributed by atoms with Gasteiger partial charge in [0, 0.05) is 44.5 Å². The first-order chi connectivity index (χ1) is 14.6. The van der Waals surface area contributed by atoms with Crippen molar-refractivity contribution < 1.29 is 19.4 Å². The van der Waals surface area contributed by atoms with E-state index in [4.69, 9.17) is 4.74 Å². The van der Waals surface area contributed by atoms with Crippen LogP contribution in [-0.2, 0) is 14.3 Å². The molecule has 2 amide bonds. The second-order valence-corrected chi connectivity index (χ2v) is 9.67. The minimum Gasteiger partial charge on any atom is -0.391 e. The van der Waals surface area contributed by atoms with Gasteiger partial charge in [0.05, 0.1) is 18.8 Å². The molecule has 30 heavy (non-hydrogen) atoms. The molecule has 1 fully saturated rings. The molecule has 0 bridgehead atoms. The van der Waals surface area contributed by atoms with Crippen LogP contribution in [0.4, 0.5) is 0 Å². The molecular formula is C21H33N3O4S2. The quantitative estimate of drug-likeness (QED) is 0.329. The zero-order valence-electron chi connectivity index (χ0n) is 17.6. The highest BCUT2D eigenvalue weighted by atomic mass is 33.1. The Morgan fingerprint density at radius 3 is 2.93 bits per heavy atom. The summed E-state index contributed by atoms with van der Waals surface area (Å²) in [5.74, 6) is 0.888. The molecule has 0 radical (unpaired) electrons. The zero-order valence-corrected chi connectivity index (χ0v) is 19.3. The van der Waals surface area contributed by atoms with Crippen molar-refractivity contribution in [1.29, 1.82) is 0 Å². The molecule has 9 heteroatoms. The van der Waals surface area contributed by atoms with Gasteiger partial charge in [-0.25, -0.2) is 4.98 Å². The minimum absolute atomic E-state index is 0.0135. The van der Waals surface area contributed by atoms with Gasteiger partial charge in [0.2, 0.25) is 11.8 Å². The molecule has 1 aromatic heterocycles. The Labute approximate surface area is 187 Å². The lowest BCUT2D eigenvalue weighted by Crippen LogP contribution is -2.38. The highest BCUT2D eigenvalue weighted by Gasteiger charge is 2.33. The lowest BCUT2D eigenvalue weighted by Gasteiger charge is -2.24. The van der Waals surface area contributed by atoms with Gasteiger partial charge in [-0.3, -0.25) is 9.59 Å². The van der Waals surface area contributed by atoms with E-state index in [-0.39, 0.29) is 17.9 Å². The predicted molar refractivity (Wildman–Crippen MR) is 121 cm³/mol. The van der Waals surface area contributed by atoms with Crippen molar-refractivity contribution in [2.45, 2.75) is 62.6 Å². The molecule has 168 valence electrons. The minimum atomic E-state index is -0.449. The van der Waals surface area contributed by atoms with Crippen LogP contribution in [0, 0.1) is 0 Å².